The Morgan fingerprint density at radius 1 is 1.28 bits per heavy atom. The number of amides is 4. The maximum absolute atomic E-state index is 13.4. The summed E-state index contributed by atoms with van der Waals surface area (Å²) in [7, 11) is 0. The molecule has 8 heteroatoms. The lowest BCUT2D eigenvalue weighted by Gasteiger charge is -2.40. The minimum absolute atomic E-state index is 0.107. The highest BCUT2D eigenvalue weighted by Gasteiger charge is 2.54. The van der Waals surface area contributed by atoms with Gasteiger partial charge in [0.2, 0.25) is 5.91 Å². The maximum Gasteiger partial charge on any atom is 0.332 e. The number of benzene rings is 1. The van der Waals surface area contributed by atoms with E-state index in [2.05, 4.69) is 0 Å². The molecule has 0 bridgehead atoms. The van der Waals surface area contributed by atoms with Crippen molar-refractivity contribution in [3.8, 4) is 6.07 Å². The topological polar surface area (TPSA) is 84.7 Å². The average Bonchev–Trinajstić information content (AvgIpc) is 2.88. The Morgan fingerprint density at radius 2 is 1.90 bits per heavy atom. The molecular weight excluding hydrogens is 392 g/mol. The highest BCUT2D eigenvalue weighted by molar-refractivity contribution is 6.33. The molecule has 4 amide bonds. The van der Waals surface area contributed by atoms with Gasteiger partial charge in [0.1, 0.15) is 11.6 Å². The van der Waals surface area contributed by atoms with Crippen LogP contribution in [-0.4, -0.2) is 52.3 Å². The van der Waals surface area contributed by atoms with E-state index in [0.29, 0.717) is 49.2 Å². The van der Waals surface area contributed by atoms with Gasteiger partial charge >= 0.3 is 6.03 Å². The zero-order chi connectivity index (χ0) is 21.5. The van der Waals surface area contributed by atoms with E-state index in [9.17, 15) is 14.4 Å². The van der Waals surface area contributed by atoms with Crippen LogP contribution in [0, 0.1) is 18.3 Å². The second-order valence-electron chi connectivity index (χ2n) is 8.00. The van der Waals surface area contributed by atoms with E-state index in [1.807, 2.05) is 17.9 Å². The van der Waals surface area contributed by atoms with Gasteiger partial charge in [-0.1, -0.05) is 18.5 Å². The predicted octanol–water partition coefficient (Wildman–Crippen LogP) is 3.47. The third kappa shape index (κ3) is 3.36. The molecule has 0 unspecified atom stereocenters. The van der Waals surface area contributed by atoms with E-state index in [1.54, 1.807) is 31.7 Å². The van der Waals surface area contributed by atoms with Crippen molar-refractivity contribution in [3.63, 3.8) is 0 Å². The number of hydrogen-bond acceptors (Lipinski definition) is 4. The number of rotatable bonds is 3. The highest BCUT2D eigenvalue weighted by atomic mass is 35.5. The van der Waals surface area contributed by atoms with Gasteiger partial charge in [0.25, 0.3) is 5.91 Å². The van der Waals surface area contributed by atoms with Crippen molar-refractivity contribution in [2.75, 3.05) is 18.0 Å². The first kappa shape index (κ1) is 21.1. The number of halogens is 1. The minimum atomic E-state index is -1.01. The molecule has 0 aliphatic carbocycles. The minimum Gasteiger partial charge on any atom is -0.343 e. The molecule has 3 rings (SSSR count). The summed E-state index contributed by atoms with van der Waals surface area (Å²) in [5, 5.41) is 9.40. The number of nitrogens with zero attached hydrogens (tertiary/aromatic N) is 4. The number of hydrogen-bond donors (Lipinski definition) is 0. The van der Waals surface area contributed by atoms with Crippen LogP contribution in [0.15, 0.2) is 12.1 Å². The predicted molar refractivity (Wildman–Crippen MR) is 110 cm³/mol. The van der Waals surface area contributed by atoms with Crippen LogP contribution in [0.25, 0.3) is 0 Å². The number of nitriles is 1. The van der Waals surface area contributed by atoms with Crippen LogP contribution in [0.1, 0.15) is 51.2 Å². The number of piperidine rings is 1. The first-order chi connectivity index (χ1) is 13.6. The molecule has 0 spiro atoms. The highest BCUT2D eigenvalue weighted by Crippen LogP contribution is 2.39. The Balaban J connectivity index is 1.91. The molecule has 2 aliphatic rings. The molecule has 1 aromatic carbocycles. The summed E-state index contributed by atoms with van der Waals surface area (Å²) in [5.41, 5.74) is 0.216. The number of imide groups is 1. The van der Waals surface area contributed by atoms with Crippen molar-refractivity contribution >= 4 is 35.1 Å². The largest absolute Gasteiger partial charge is 0.343 e. The van der Waals surface area contributed by atoms with E-state index < -0.39 is 5.54 Å². The van der Waals surface area contributed by atoms with Crippen LogP contribution >= 0.6 is 11.6 Å². The average molecular weight is 417 g/mol. The van der Waals surface area contributed by atoms with Gasteiger partial charge in [-0.2, -0.15) is 5.26 Å². The van der Waals surface area contributed by atoms with Crippen molar-refractivity contribution in [3.05, 3.63) is 28.3 Å². The van der Waals surface area contributed by atoms with Gasteiger partial charge in [0.15, 0.2) is 0 Å². The fourth-order valence-corrected chi connectivity index (χ4v) is 4.44. The van der Waals surface area contributed by atoms with Crippen molar-refractivity contribution in [1.82, 2.24) is 9.80 Å². The second-order valence-corrected chi connectivity index (χ2v) is 8.38. The van der Waals surface area contributed by atoms with Crippen molar-refractivity contribution in [2.24, 2.45) is 0 Å². The van der Waals surface area contributed by atoms with Crippen molar-refractivity contribution < 1.29 is 14.4 Å². The molecule has 2 fully saturated rings. The first-order valence-corrected chi connectivity index (χ1v) is 10.2. The molecule has 29 heavy (non-hydrogen) atoms. The van der Waals surface area contributed by atoms with Crippen LogP contribution in [0.5, 0.6) is 0 Å². The Kier molecular flexibility index (Phi) is 5.59. The third-order valence-corrected chi connectivity index (χ3v) is 6.42. The Labute approximate surface area is 175 Å². The second kappa shape index (κ2) is 7.68. The summed E-state index contributed by atoms with van der Waals surface area (Å²) in [6.07, 6.45) is 1.73. The van der Waals surface area contributed by atoms with Crippen molar-refractivity contribution in [2.45, 2.75) is 58.5 Å². The number of carbonyl (C=O) groups is 3. The zero-order valence-electron chi connectivity index (χ0n) is 17.2. The van der Waals surface area contributed by atoms with E-state index in [0.717, 1.165) is 0 Å². The van der Waals surface area contributed by atoms with Gasteiger partial charge in [-0.3, -0.25) is 9.59 Å². The van der Waals surface area contributed by atoms with E-state index in [-0.39, 0.29) is 28.9 Å². The van der Waals surface area contributed by atoms with E-state index in [1.165, 1.54) is 11.0 Å². The molecule has 2 heterocycles. The van der Waals surface area contributed by atoms with Gasteiger partial charge in [-0.05, 0) is 51.3 Å². The summed E-state index contributed by atoms with van der Waals surface area (Å²) in [6.45, 7) is 8.18. The molecule has 0 N–H and O–H groups in total. The number of urea groups is 1. The van der Waals surface area contributed by atoms with E-state index >= 15 is 0 Å². The van der Waals surface area contributed by atoms with Gasteiger partial charge in [-0.25, -0.2) is 9.69 Å². The maximum atomic E-state index is 13.4. The Morgan fingerprint density at radius 3 is 2.45 bits per heavy atom. The summed E-state index contributed by atoms with van der Waals surface area (Å²) in [4.78, 5) is 43.2. The molecule has 0 atom stereocenters. The van der Waals surface area contributed by atoms with Gasteiger partial charge in [0, 0.05) is 25.6 Å². The van der Waals surface area contributed by atoms with Crippen LogP contribution < -0.4 is 4.90 Å². The van der Waals surface area contributed by atoms with Gasteiger partial charge < -0.3 is 9.80 Å². The van der Waals surface area contributed by atoms with Crippen LogP contribution in [0.4, 0.5) is 10.5 Å². The molecule has 2 saturated heterocycles. The summed E-state index contributed by atoms with van der Waals surface area (Å²) < 4.78 is 0. The quantitative estimate of drug-likeness (QED) is 0.706. The van der Waals surface area contributed by atoms with E-state index in [4.69, 9.17) is 16.9 Å². The standard InChI is InChI=1S/C21H25ClN4O3/c1-5-17(27)24-10-8-15(9-11-24)26-20(29)25(19(28)21(26,3)4)16-7-6-14(12-23)18(22)13(16)2/h6-7,15H,5,8-11H2,1-4H3. The lowest BCUT2D eigenvalue weighted by atomic mass is 9.96. The number of likely N-dealkylation sites (tertiary alicyclic amines) is 1. The fourth-order valence-electron chi connectivity index (χ4n) is 4.24. The normalized spacial score (nSPS) is 19.7. The van der Waals surface area contributed by atoms with Crippen molar-refractivity contribution in [1.29, 1.82) is 5.26 Å². The van der Waals surface area contributed by atoms with Crippen LogP contribution in [-0.2, 0) is 9.59 Å². The molecule has 0 saturated carbocycles. The number of anilines is 1. The lowest BCUT2D eigenvalue weighted by molar-refractivity contribution is -0.133. The number of carbonyl (C=O) groups excluding carboxylic acids is 3. The molecule has 154 valence electrons. The molecule has 7 nitrogen and oxygen atoms in total. The fraction of sp³-hybridized carbons (Fsp3) is 0.524. The Hall–Kier alpha value is -2.59. The summed E-state index contributed by atoms with van der Waals surface area (Å²) in [6, 6.07) is 4.62. The monoisotopic (exact) mass is 416 g/mol. The summed E-state index contributed by atoms with van der Waals surface area (Å²) in [5.74, 6) is -0.213. The van der Waals surface area contributed by atoms with Gasteiger partial charge in [0.05, 0.1) is 16.3 Å². The molecular formula is C21H25ClN4O3. The SMILES string of the molecule is CCC(=O)N1CCC(N2C(=O)N(c3ccc(C#N)c(Cl)c3C)C(=O)C2(C)C)CC1. The van der Waals surface area contributed by atoms with Crippen LogP contribution in [0.2, 0.25) is 5.02 Å². The molecule has 2 aliphatic heterocycles. The zero-order valence-corrected chi connectivity index (χ0v) is 17.9. The lowest BCUT2D eigenvalue weighted by Crippen LogP contribution is -2.54. The molecule has 0 aromatic heterocycles. The first-order valence-electron chi connectivity index (χ1n) is 9.80. The molecule has 0 radical (unpaired) electrons. The smallest absolute Gasteiger partial charge is 0.332 e. The molecule has 1 aromatic rings. The third-order valence-electron chi connectivity index (χ3n) is 5.93. The van der Waals surface area contributed by atoms with Crippen LogP contribution in [0.3, 0.4) is 0 Å². The van der Waals surface area contributed by atoms with Gasteiger partial charge in [-0.15, -0.1) is 0 Å². The summed E-state index contributed by atoms with van der Waals surface area (Å²) >= 11 is 6.27. The Bertz CT molecular complexity index is 913.